The smallest absolute Gasteiger partial charge is 0.329 e. The maximum atomic E-state index is 12.6. The van der Waals surface area contributed by atoms with Gasteiger partial charge in [0, 0.05) is 11.1 Å². The molecule has 0 aliphatic carbocycles. The molecule has 0 aromatic heterocycles. The van der Waals surface area contributed by atoms with Crippen molar-refractivity contribution in [3.05, 3.63) is 36.1 Å². The van der Waals surface area contributed by atoms with Gasteiger partial charge in [-0.1, -0.05) is 25.7 Å². The first kappa shape index (κ1) is 14.5. The fourth-order valence-corrected chi connectivity index (χ4v) is 1.19. The van der Waals surface area contributed by atoms with Gasteiger partial charge in [-0.05, 0) is 19.5 Å². The van der Waals surface area contributed by atoms with E-state index in [0.29, 0.717) is 0 Å². The Hall–Kier alpha value is -1.52. The molecule has 1 N–H and O–H groups in total. The summed E-state index contributed by atoms with van der Waals surface area (Å²) in [5.74, 6) is -0.803. The fourth-order valence-electron chi connectivity index (χ4n) is 1.19. The molecule has 0 spiro atoms. The molecular weight excluding hydrogens is 219 g/mol. The van der Waals surface area contributed by atoms with Crippen LogP contribution in [0.1, 0.15) is 20.3 Å². The molecule has 0 aliphatic heterocycles. The number of nitrogens with one attached hydrogen (secondary N) is 1. The summed E-state index contributed by atoms with van der Waals surface area (Å²) in [7, 11) is 0. The van der Waals surface area contributed by atoms with Gasteiger partial charge in [0.15, 0.2) is 0 Å². The molecule has 0 rings (SSSR count). The van der Waals surface area contributed by atoms with Crippen LogP contribution >= 0.6 is 0 Å². The van der Waals surface area contributed by atoms with Crippen molar-refractivity contribution in [2.45, 2.75) is 26.4 Å². The lowest BCUT2D eigenvalue weighted by atomic mass is 10.0. The molecule has 0 aromatic carbocycles. The number of hydrogen-bond acceptors (Lipinski definition) is 1. The molecule has 90 valence electrons. The van der Waals surface area contributed by atoms with Crippen molar-refractivity contribution in [3.8, 4) is 0 Å². The highest BCUT2D eigenvalue weighted by molar-refractivity contribution is 5.97. The van der Waals surface area contributed by atoms with Crippen molar-refractivity contribution in [3.63, 3.8) is 0 Å². The van der Waals surface area contributed by atoms with Gasteiger partial charge in [0.25, 0.3) is 5.91 Å². The predicted octanol–water partition coefficient (Wildman–Crippen LogP) is 3.09. The second kappa shape index (κ2) is 6.15. The van der Waals surface area contributed by atoms with Crippen LogP contribution in [0, 0.1) is 0 Å². The molecule has 0 aliphatic rings. The first-order chi connectivity index (χ1) is 7.38. The zero-order chi connectivity index (χ0) is 12.8. The molecule has 1 amide bonds. The molecule has 0 saturated heterocycles. The number of carbonyl (C=O) groups excluding carboxylic acids is 1. The summed E-state index contributed by atoms with van der Waals surface area (Å²) in [5, 5.41) is 2.13. The van der Waals surface area contributed by atoms with Crippen LogP contribution in [0.15, 0.2) is 36.1 Å². The Morgan fingerprint density at radius 1 is 1.44 bits per heavy atom. The van der Waals surface area contributed by atoms with Crippen molar-refractivity contribution < 1.29 is 18.0 Å². The highest BCUT2D eigenvalue weighted by atomic mass is 19.4. The fraction of sp³-hybridized carbons (Fsp3) is 0.364. The first-order valence-electron chi connectivity index (χ1n) is 4.73. The third-order valence-corrected chi connectivity index (χ3v) is 1.83. The molecule has 0 saturated carbocycles. The zero-order valence-corrected chi connectivity index (χ0v) is 9.19. The normalized spacial score (nSPS) is 13.6. The van der Waals surface area contributed by atoms with Crippen LogP contribution in [0.3, 0.4) is 0 Å². The van der Waals surface area contributed by atoms with Gasteiger partial charge in [-0.25, -0.2) is 0 Å². The number of rotatable bonds is 4. The molecule has 0 atom stereocenters. The van der Waals surface area contributed by atoms with Crippen LogP contribution in [0.4, 0.5) is 13.2 Å². The van der Waals surface area contributed by atoms with E-state index in [0.717, 1.165) is 12.3 Å². The number of alkyl halides is 3. The molecule has 0 radical (unpaired) electrons. The van der Waals surface area contributed by atoms with Crippen molar-refractivity contribution in [1.82, 2.24) is 5.32 Å². The molecule has 0 aromatic rings. The molecule has 0 bridgehead atoms. The van der Waals surface area contributed by atoms with Crippen LogP contribution in [-0.4, -0.2) is 12.1 Å². The summed E-state index contributed by atoms with van der Waals surface area (Å²) >= 11 is 0. The van der Waals surface area contributed by atoms with Gasteiger partial charge in [0.2, 0.25) is 0 Å². The van der Waals surface area contributed by atoms with Crippen LogP contribution in [0.25, 0.3) is 0 Å². The molecular formula is C11H14F3NO. The average molecular weight is 233 g/mol. The maximum Gasteiger partial charge on any atom is 0.413 e. The zero-order valence-electron chi connectivity index (χ0n) is 9.19. The maximum absolute atomic E-state index is 12.6. The van der Waals surface area contributed by atoms with Gasteiger partial charge in [0.1, 0.15) is 0 Å². The SMILES string of the molecule is C=CNC(=O)C(/C=C\C)=C(/CC)C(F)(F)F. The Balaban J connectivity index is 5.51. The van der Waals surface area contributed by atoms with E-state index in [-0.39, 0.29) is 12.0 Å². The van der Waals surface area contributed by atoms with Crippen molar-refractivity contribution in [1.29, 1.82) is 0 Å². The minimum absolute atomic E-state index is 0.256. The van der Waals surface area contributed by atoms with Crippen LogP contribution in [-0.2, 0) is 4.79 Å². The quantitative estimate of drug-likeness (QED) is 0.586. The molecule has 0 fully saturated rings. The van der Waals surface area contributed by atoms with Gasteiger partial charge >= 0.3 is 6.18 Å². The highest BCUT2D eigenvalue weighted by Crippen LogP contribution is 2.31. The minimum atomic E-state index is -4.50. The first-order valence-corrected chi connectivity index (χ1v) is 4.73. The summed E-state index contributed by atoms with van der Waals surface area (Å²) in [4.78, 5) is 11.4. The third-order valence-electron chi connectivity index (χ3n) is 1.83. The number of hydrogen-bond donors (Lipinski definition) is 1. The standard InChI is InChI=1S/C11H14F3NO/c1-4-7-8(10(16)15-6-3)9(5-2)11(12,13)14/h4,6-7H,3,5H2,1-2H3,(H,15,16)/b7-4-,9-8-. The monoisotopic (exact) mass is 233 g/mol. The topological polar surface area (TPSA) is 29.1 Å². The van der Waals surface area contributed by atoms with E-state index >= 15 is 0 Å². The summed E-state index contributed by atoms with van der Waals surface area (Å²) in [5.41, 5.74) is -1.22. The summed E-state index contributed by atoms with van der Waals surface area (Å²) in [6.45, 7) is 6.13. The van der Waals surface area contributed by atoms with Crippen LogP contribution in [0.5, 0.6) is 0 Å². The second-order valence-electron chi connectivity index (χ2n) is 2.92. The largest absolute Gasteiger partial charge is 0.413 e. The third kappa shape index (κ3) is 3.92. The lowest BCUT2D eigenvalue weighted by Gasteiger charge is -2.13. The van der Waals surface area contributed by atoms with Gasteiger partial charge in [-0.2, -0.15) is 13.2 Å². The average Bonchev–Trinajstić information content (AvgIpc) is 2.16. The Morgan fingerprint density at radius 2 is 2.00 bits per heavy atom. The predicted molar refractivity (Wildman–Crippen MR) is 56.5 cm³/mol. The number of halogens is 3. The van der Waals surface area contributed by atoms with Gasteiger partial charge in [-0.3, -0.25) is 4.79 Å². The molecule has 0 heterocycles. The molecule has 2 nitrogen and oxygen atoms in total. The summed E-state index contributed by atoms with van der Waals surface area (Å²) in [6, 6.07) is 0. The Morgan fingerprint density at radius 3 is 2.31 bits per heavy atom. The van der Waals surface area contributed by atoms with Crippen LogP contribution in [0.2, 0.25) is 0 Å². The van der Waals surface area contributed by atoms with E-state index < -0.39 is 17.7 Å². The van der Waals surface area contributed by atoms with Crippen molar-refractivity contribution >= 4 is 5.91 Å². The van der Waals surface area contributed by atoms with Crippen molar-refractivity contribution in [2.75, 3.05) is 0 Å². The number of amides is 1. The van der Waals surface area contributed by atoms with Gasteiger partial charge in [-0.15, -0.1) is 0 Å². The summed E-state index contributed by atoms with van der Waals surface area (Å²) in [6.07, 6.45) is -1.17. The lowest BCUT2D eigenvalue weighted by molar-refractivity contribution is -0.118. The highest BCUT2D eigenvalue weighted by Gasteiger charge is 2.35. The van der Waals surface area contributed by atoms with Crippen molar-refractivity contribution in [2.24, 2.45) is 0 Å². The Kier molecular flexibility index (Phi) is 5.56. The molecule has 16 heavy (non-hydrogen) atoms. The molecule has 5 heteroatoms. The summed E-state index contributed by atoms with van der Waals surface area (Å²) < 4.78 is 37.8. The minimum Gasteiger partial charge on any atom is -0.329 e. The molecule has 0 unspecified atom stereocenters. The van der Waals surface area contributed by atoms with E-state index in [1.807, 2.05) is 0 Å². The lowest BCUT2D eigenvalue weighted by Crippen LogP contribution is -2.24. The van der Waals surface area contributed by atoms with E-state index in [1.165, 1.54) is 13.0 Å². The van der Waals surface area contributed by atoms with E-state index in [1.54, 1.807) is 6.92 Å². The van der Waals surface area contributed by atoms with Gasteiger partial charge < -0.3 is 5.32 Å². The van der Waals surface area contributed by atoms with E-state index in [9.17, 15) is 18.0 Å². The van der Waals surface area contributed by atoms with Crippen LogP contribution < -0.4 is 5.32 Å². The Bertz CT molecular complexity index is 327. The number of allylic oxidation sites excluding steroid dienone is 2. The second-order valence-corrected chi connectivity index (χ2v) is 2.92. The van der Waals surface area contributed by atoms with E-state index in [2.05, 4.69) is 11.9 Å². The number of carbonyl (C=O) groups is 1. The van der Waals surface area contributed by atoms with E-state index in [4.69, 9.17) is 0 Å². The Labute approximate surface area is 92.5 Å². The van der Waals surface area contributed by atoms with Gasteiger partial charge in [0.05, 0.1) is 0 Å².